The molecule has 5 heteroatoms. The van der Waals surface area contributed by atoms with E-state index in [9.17, 15) is 4.79 Å². The Morgan fingerprint density at radius 2 is 1.92 bits per heavy atom. The van der Waals surface area contributed by atoms with E-state index >= 15 is 0 Å². The number of carbonyl (C=O) groups excluding carboxylic acids is 1. The molecule has 0 bridgehead atoms. The van der Waals surface area contributed by atoms with Gasteiger partial charge in [-0.05, 0) is 36.9 Å². The third kappa shape index (κ3) is 3.97. The Bertz CT molecular complexity index is 663. The molecule has 0 aliphatic carbocycles. The summed E-state index contributed by atoms with van der Waals surface area (Å²) in [6.07, 6.45) is 0. The number of benzene rings is 1. The van der Waals surface area contributed by atoms with Crippen LogP contribution in [0, 0.1) is 6.92 Å². The molecule has 0 spiro atoms. The largest absolute Gasteiger partial charge is 0.369 e. The number of piperazine rings is 1. The van der Waals surface area contributed by atoms with Gasteiger partial charge in [0.15, 0.2) is 0 Å². The maximum Gasteiger partial charge on any atom is 0.237 e. The van der Waals surface area contributed by atoms with Crippen molar-refractivity contribution < 1.29 is 4.79 Å². The number of anilines is 1. The number of nitrogens with one attached hydrogen (secondary N) is 1. The highest BCUT2D eigenvalue weighted by Gasteiger charge is 2.25. The molecular formula is C19H25N3OS. The average Bonchev–Trinajstić information content (AvgIpc) is 3.13. The van der Waals surface area contributed by atoms with E-state index in [1.54, 1.807) is 11.3 Å². The van der Waals surface area contributed by atoms with Gasteiger partial charge in [-0.1, -0.05) is 24.3 Å². The summed E-state index contributed by atoms with van der Waals surface area (Å²) in [6, 6.07) is 12.5. The lowest BCUT2D eigenvalue weighted by molar-refractivity contribution is -0.126. The minimum absolute atomic E-state index is 0.0796. The number of carbonyl (C=O) groups is 1. The van der Waals surface area contributed by atoms with E-state index in [0.717, 1.165) is 26.2 Å². The van der Waals surface area contributed by atoms with Gasteiger partial charge in [0.2, 0.25) is 5.91 Å². The first-order chi connectivity index (χ1) is 11.6. The van der Waals surface area contributed by atoms with Gasteiger partial charge in [0.1, 0.15) is 0 Å². The summed E-state index contributed by atoms with van der Waals surface area (Å²) < 4.78 is 0. The van der Waals surface area contributed by atoms with Crippen molar-refractivity contribution in [2.75, 3.05) is 31.1 Å². The molecule has 1 aromatic carbocycles. The third-order valence-corrected chi connectivity index (χ3v) is 5.59. The Balaban J connectivity index is 1.50. The highest BCUT2D eigenvalue weighted by atomic mass is 32.1. The Morgan fingerprint density at radius 1 is 1.17 bits per heavy atom. The van der Waals surface area contributed by atoms with Crippen LogP contribution >= 0.6 is 11.3 Å². The van der Waals surface area contributed by atoms with Crippen LogP contribution in [0.4, 0.5) is 5.69 Å². The van der Waals surface area contributed by atoms with Crippen molar-refractivity contribution in [2.45, 2.75) is 26.4 Å². The molecule has 1 atom stereocenters. The molecule has 3 rings (SSSR count). The fraction of sp³-hybridized carbons (Fsp3) is 0.421. The summed E-state index contributed by atoms with van der Waals surface area (Å²) in [5.74, 6) is 0.118. The van der Waals surface area contributed by atoms with E-state index in [0.29, 0.717) is 6.54 Å². The van der Waals surface area contributed by atoms with Crippen LogP contribution in [-0.4, -0.2) is 43.0 Å². The van der Waals surface area contributed by atoms with Gasteiger partial charge in [0.25, 0.3) is 0 Å². The van der Waals surface area contributed by atoms with Crippen molar-refractivity contribution in [2.24, 2.45) is 0 Å². The Labute approximate surface area is 148 Å². The molecule has 2 heterocycles. The van der Waals surface area contributed by atoms with Crippen molar-refractivity contribution in [3.05, 3.63) is 52.2 Å². The standard InChI is InChI=1S/C19H25N3OS/c1-15-6-3-4-8-18(15)22-11-9-21(10-12-22)16(2)19(23)20-14-17-7-5-13-24-17/h3-8,13,16H,9-12,14H2,1-2H3,(H,20,23)/t16-/m1/s1. The number of rotatable bonds is 5. The van der Waals surface area contributed by atoms with E-state index in [1.807, 2.05) is 18.4 Å². The van der Waals surface area contributed by atoms with E-state index < -0.39 is 0 Å². The van der Waals surface area contributed by atoms with Crippen LogP contribution in [0.3, 0.4) is 0 Å². The molecule has 128 valence electrons. The fourth-order valence-corrected chi connectivity index (χ4v) is 3.81. The van der Waals surface area contributed by atoms with Gasteiger partial charge in [-0.15, -0.1) is 11.3 Å². The average molecular weight is 343 g/mol. The first-order valence-electron chi connectivity index (χ1n) is 8.50. The smallest absolute Gasteiger partial charge is 0.237 e. The van der Waals surface area contributed by atoms with Gasteiger partial charge in [0.05, 0.1) is 12.6 Å². The van der Waals surface area contributed by atoms with Crippen LogP contribution in [0.5, 0.6) is 0 Å². The lowest BCUT2D eigenvalue weighted by Crippen LogP contribution is -2.54. The molecule has 0 unspecified atom stereocenters. The van der Waals surface area contributed by atoms with Crippen LogP contribution in [0.2, 0.25) is 0 Å². The second-order valence-electron chi connectivity index (χ2n) is 6.28. The Kier molecular flexibility index (Phi) is 5.53. The lowest BCUT2D eigenvalue weighted by atomic mass is 10.1. The van der Waals surface area contributed by atoms with E-state index in [2.05, 4.69) is 52.4 Å². The zero-order chi connectivity index (χ0) is 16.9. The molecule has 4 nitrogen and oxygen atoms in total. The number of nitrogens with zero attached hydrogens (tertiary/aromatic N) is 2. The van der Waals surface area contributed by atoms with Gasteiger partial charge >= 0.3 is 0 Å². The summed E-state index contributed by atoms with van der Waals surface area (Å²) in [6.45, 7) is 8.56. The number of aryl methyl sites for hydroxylation is 1. The molecule has 1 aliphatic rings. The van der Waals surface area contributed by atoms with Gasteiger partial charge in [0, 0.05) is 36.7 Å². The molecule has 0 radical (unpaired) electrons. The zero-order valence-corrected chi connectivity index (χ0v) is 15.2. The van der Waals surface area contributed by atoms with Crippen LogP contribution < -0.4 is 10.2 Å². The summed E-state index contributed by atoms with van der Waals surface area (Å²) in [7, 11) is 0. The SMILES string of the molecule is Cc1ccccc1N1CCN([C@H](C)C(=O)NCc2cccs2)CC1. The highest BCUT2D eigenvalue weighted by Crippen LogP contribution is 2.21. The van der Waals surface area contributed by atoms with Crippen molar-refractivity contribution in [3.8, 4) is 0 Å². The Hall–Kier alpha value is -1.85. The Morgan fingerprint density at radius 3 is 2.58 bits per heavy atom. The molecule has 1 fully saturated rings. The van der Waals surface area contributed by atoms with E-state index in [4.69, 9.17) is 0 Å². The summed E-state index contributed by atoms with van der Waals surface area (Å²) >= 11 is 1.68. The molecule has 1 aromatic heterocycles. The number of thiophene rings is 1. The summed E-state index contributed by atoms with van der Waals surface area (Å²) in [5, 5.41) is 5.09. The third-order valence-electron chi connectivity index (χ3n) is 4.71. The van der Waals surface area contributed by atoms with Gasteiger partial charge in [-0.2, -0.15) is 0 Å². The fourth-order valence-electron chi connectivity index (χ4n) is 3.17. The predicted molar refractivity (Wildman–Crippen MR) is 101 cm³/mol. The van der Waals surface area contributed by atoms with E-state index in [-0.39, 0.29) is 11.9 Å². The first kappa shape index (κ1) is 17.0. The number of amides is 1. The minimum atomic E-state index is -0.0796. The van der Waals surface area contributed by atoms with Crippen LogP contribution in [0.1, 0.15) is 17.4 Å². The van der Waals surface area contributed by atoms with Crippen molar-refractivity contribution in [3.63, 3.8) is 0 Å². The lowest BCUT2D eigenvalue weighted by Gasteiger charge is -2.39. The molecule has 0 saturated carbocycles. The highest BCUT2D eigenvalue weighted by molar-refractivity contribution is 7.09. The van der Waals surface area contributed by atoms with Gasteiger partial charge in [-0.25, -0.2) is 0 Å². The topological polar surface area (TPSA) is 35.6 Å². The maximum absolute atomic E-state index is 12.4. The second-order valence-corrected chi connectivity index (χ2v) is 7.31. The number of hydrogen-bond donors (Lipinski definition) is 1. The normalized spacial score (nSPS) is 16.8. The molecule has 1 N–H and O–H groups in total. The summed E-state index contributed by atoms with van der Waals surface area (Å²) in [5.41, 5.74) is 2.62. The molecule has 1 amide bonds. The summed E-state index contributed by atoms with van der Waals surface area (Å²) in [4.78, 5) is 18.3. The van der Waals surface area contributed by atoms with Crippen LogP contribution in [0.15, 0.2) is 41.8 Å². The van der Waals surface area contributed by atoms with Gasteiger partial charge in [-0.3, -0.25) is 9.69 Å². The van der Waals surface area contributed by atoms with Gasteiger partial charge < -0.3 is 10.2 Å². The second kappa shape index (κ2) is 7.81. The quantitative estimate of drug-likeness (QED) is 0.907. The molecule has 1 aliphatic heterocycles. The molecular weight excluding hydrogens is 318 g/mol. The molecule has 24 heavy (non-hydrogen) atoms. The predicted octanol–water partition coefficient (Wildman–Crippen LogP) is 2.88. The molecule has 1 saturated heterocycles. The maximum atomic E-state index is 12.4. The van der Waals surface area contributed by atoms with Crippen molar-refractivity contribution >= 4 is 22.9 Å². The number of para-hydroxylation sites is 1. The monoisotopic (exact) mass is 343 g/mol. The molecule has 2 aromatic rings. The number of hydrogen-bond acceptors (Lipinski definition) is 4. The minimum Gasteiger partial charge on any atom is -0.369 e. The van der Waals surface area contributed by atoms with Crippen LogP contribution in [0.25, 0.3) is 0 Å². The zero-order valence-electron chi connectivity index (χ0n) is 14.4. The van der Waals surface area contributed by atoms with Crippen molar-refractivity contribution in [1.82, 2.24) is 10.2 Å². The van der Waals surface area contributed by atoms with Crippen molar-refractivity contribution in [1.29, 1.82) is 0 Å². The van der Waals surface area contributed by atoms with Crippen LogP contribution in [-0.2, 0) is 11.3 Å². The van der Waals surface area contributed by atoms with E-state index in [1.165, 1.54) is 16.1 Å². The first-order valence-corrected chi connectivity index (χ1v) is 9.38.